The first-order valence-corrected chi connectivity index (χ1v) is 19.5. The maximum Gasteiger partial charge on any atom is 0.379 e. The van der Waals surface area contributed by atoms with Crippen molar-refractivity contribution in [1.82, 2.24) is 0 Å². The predicted molar refractivity (Wildman–Crippen MR) is 201 cm³/mol. The van der Waals surface area contributed by atoms with Crippen molar-refractivity contribution < 1.29 is 71.2 Å². The van der Waals surface area contributed by atoms with Crippen LogP contribution in [0, 0.1) is 0 Å². The molecule has 0 bridgehead atoms. The third-order valence-electron chi connectivity index (χ3n) is 6.95. The number of halogens is 1. The Morgan fingerprint density at radius 1 is 0.352 bits per heavy atom. The lowest BCUT2D eigenvalue weighted by Gasteiger charge is -2.09. The second-order valence-electron chi connectivity index (χ2n) is 11.3. The standard InChI is InChI=1S/C38H65ClO15/c39-10-6-1-2-7-11-42-12-13-43-14-15-44-16-17-45-18-19-46-20-21-47-22-23-48-24-25-49-26-27-50-28-29-51-30-31-52-32-33-53-34-35-54-38(41)37(40)36-8-4-3-5-9-36/h3-5,8-9H,1-2,6-7,10-35H2. The van der Waals surface area contributed by atoms with E-state index in [9.17, 15) is 9.59 Å². The third-order valence-corrected chi connectivity index (χ3v) is 7.21. The molecule has 1 aromatic rings. The van der Waals surface area contributed by atoms with Gasteiger partial charge in [0.15, 0.2) is 0 Å². The first-order valence-electron chi connectivity index (χ1n) is 19.0. The Labute approximate surface area is 326 Å². The first kappa shape index (κ1) is 50.2. The maximum absolute atomic E-state index is 11.9. The average molecular weight is 797 g/mol. The molecule has 16 heteroatoms. The molecule has 0 aliphatic carbocycles. The normalized spacial score (nSPS) is 11.4. The largest absolute Gasteiger partial charge is 0.457 e. The number of Topliss-reactive ketones (excluding diaryl/α,β-unsaturated/α-hetero) is 1. The van der Waals surface area contributed by atoms with E-state index in [2.05, 4.69) is 0 Å². The number of unbranched alkanes of at least 4 members (excludes halogenated alkanes) is 3. The smallest absolute Gasteiger partial charge is 0.379 e. The van der Waals surface area contributed by atoms with Crippen LogP contribution in [0.25, 0.3) is 0 Å². The molecule has 314 valence electrons. The van der Waals surface area contributed by atoms with Gasteiger partial charge in [0, 0.05) is 18.1 Å². The van der Waals surface area contributed by atoms with E-state index in [0.717, 1.165) is 38.2 Å². The van der Waals surface area contributed by atoms with E-state index in [-0.39, 0.29) is 13.2 Å². The SMILES string of the molecule is O=C(OCCOCCOCCOCCOCCOCCOCCOCCOCCOCCOCCOCCOCCCCCCCl)C(=O)c1ccccc1. The highest BCUT2D eigenvalue weighted by Crippen LogP contribution is 2.02. The number of hydrogen-bond acceptors (Lipinski definition) is 15. The molecule has 0 N–H and O–H groups in total. The maximum atomic E-state index is 11.9. The fourth-order valence-corrected chi connectivity index (χ4v) is 4.33. The van der Waals surface area contributed by atoms with Crippen LogP contribution in [0.5, 0.6) is 0 Å². The molecule has 0 aromatic heterocycles. The number of esters is 1. The number of hydrogen-bond donors (Lipinski definition) is 0. The van der Waals surface area contributed by atoms with E-state index < -0.39 is 11.8 Å². The molecule has 0 unspecified atom stereocenters. The third kappa shape index (κ3) is 35.8. The van der Waals surface area contributed by atoms with Gasteiger partial charge in [-0.2, -0.15) is 0 Å². The van der Waals surface area contributed by atoms with Gasteiger partial charge in [0.05, 0.1) is 152 Å². The van der Waals surface area contributed by atoms with E-state index in [1.165, 1.54) is 0 Å². The van der Waals surface area contributed by atoms with Gasteiger partial charge in [-0.3, -0.25) is 4.79 Å². The molecule has 0 saturated heterocycles. The zero-order valence-electron chi connectivity index (χ0n) is 32.1. The summed E-state index contributed by atoms with van der Waals surface area (Å²) < 4.78 is 70.5. The van der Waals surface area contributed by atoms with Crippen molar-refractivity contribution in [3.63, 3.8) is 0 Å². The lowest BCUT2D eigenvalue weighted by Crippen LogP contribution is -2.20. The minimum absolute atomic E-state index is 0.00454. The van der Waals surface area contributed by atoms with Crippen molar-refractivity contribution >= 4 is 23.4 Å². The second kappa shape index (κ2) is 42.3. The van der Waals surface area contributed by atoms with Crippen LogP contribution >= 0.6 is 11.6 Å². The van der Waals surface area contributed by atoms with E-state index in [1.807, 2.05) is 0 Å². The van der Waals surface area contributed by atoms with Crippen molar-refractivity contribution in [3.05, 3.63) is 35.9 Å². The van der Waals surface area contributed by atoms with Crippen molar-refractivity contribution in [2.75, 3.05) is 171 Å². The molecule has 0 heterocycles. The van der Waals surface area contributed by atoms with Crippen LogP contribution in [0.1, 0.15) is 36.0 Å². The molecular formula is C38H65ClO15. The molecular weight excluding hydrogens is 732 g/mol. The highest BCUT2D eigenvalue weighted by atomic mass is 35.5. The second-order valence-corrected chi connectivity index (χ2v) is 11.7. The fraction of sp³-hybridized carbons (Fsp3) is 0.789. The van der Waals surface area contributed by atoms with Crippen LogP contribution in [0.2, 0.25) is 0 Å². The summed E-state index contributed by atoms with van der Waals surface area (Å²) in [5.74, 6) is -0.838. The highest BCUT2D eigenvalue weighted by Gasteiger charge is 2.17. The van der Waals surface area contributed by atoms with E-state index >= 15 is 0 Å². The summed E-state index contributed by atoms with van der Waals surface area (Å²) in [5.41, 5.74) is 0.294. The van der Waals surface area contributed by atoms with Crippen LogP contribution in [0.15, 0.2) is 30.3 Å². The number of ether oxygens (including phenoxy) is 13. The molecule has 1 aromatic carbocycles. The lowest BCUT2D eigenvalue weighted by atomic mass is 10.1. The molecule has 0 radical (unpaired) electrons. The van der Waals surface area contributed by atoms with Gasteiger partial charge in [0.2, 0.25) is 0 Å². The summed E-state index contributed by atoms with van der Waals surface area (Å²) >= 11 is 5.66. The van der Waals surface area contributed by atoms with E-state index in [4.69, 9.17) is 73.2 Å². The summed E-state index contributed by atoms with van der Waals surface area (Å²) in [7, 11) is 0. The van der Waals surface area contributed by atoms with Gasteiger partial charge in [0.1, 0.15) is 6.61 Å². The number of carbonyl (C=O) groups excluding carboxylic acids is 2. The van der Waals surface area contributed by atoms with Crippen molar-refractivity contribution in [2.24, 2.45) is 0 Å². The molecule has 0 amide bonds. The van der Waals surface area contributed by atoms with Crippen LogP contribution in [-0.4, -0.2) is 183 Å². The van der Waals surface area contributed by atoms with Crippen LogP contribution in [-0.2, 0) is 66.4 Å². The van der Waals surface area contributed by atoms with E-state index in [0.29, 0.717) is 151 Å². The van der Waals surface area contributed by atoms with Crippen LogP contribution in [0.3, 0.4) is 0 Å². The quantitative estimate of drug-likeness (QED) is 0.0311. The van der Waals surface area contributed by atoms with Gasteiger partial charge >= 0.3 is 5.97 Å². The van der Waals surface area contributed by atoms with Gasteiger partial charge in [-0.25, -0.2) is 4.79 Å². The minimum atomic E-state index is -0.898. The molecule has 0 saturated carbocycles. The number of alkyl halides is 1. The molecule has 0 fully saturated rings. The summed E-state index contributed by atoms with van der Waals surface area (Å²) in [4.78, 5) is 23.6. The predicted octanol–water partition coefficient (Wildman–Crippen LogP) is 3.41. The Hall–Kier alpha value is -1.83. The van der Waals surface area contributed by atoms with Gasteiger partial charge < -0.3 is 61.6 Å². The van der Waals surface area contributed by atoms with Crippen molar-refractivity contribution in [3.8, 4) is 0 Å². The molecule has 0 aliphatic heterocycles. The number of carbonyl (C=O) groups is 2. The Kier molecular flexibility index (Phi) is 39.3. The first-order chi connectivity index (χ1) is 26.8. The topological polar surface area (TPSA) is 154 Å². The summed E-state index contributed by atoms with van der Waals surface area (Å²) in [6, 6.07) is 8.26. The minimum Gasteiger partial charge on any atom is -0.457 e. The molecule has 0 spiro atoms. The van der Waals surface area contributed by atoms with Gasteiger partial charge in [-0.05, 0) is 12.8 Å². The lowest BCUT2D eigenvalue weighted by molar-refractivity contribution is -0.139. The molecule has 15 nitrogen and oxygen atoms in total. The van der Waals surface area contributed by atoms with Crippen molar-refractivity contribution in [2.45, 2.75) is 25.7 Å². The average Bonchev–Trinajstić information content (AvgIpc) is 3.19. The Morgan fingerprint density at radius 3 is 0.944 bits per heavy atom. The number of rotatable bonds is 44. The Morgan fingerprint density at radius 2 is 0.630 bits per heavy atom. The van der Waals surface area contributed by atoms with Gasteiger partial charge in [0.25, 0.3) is 5.78 Å². The Balaban J connectivity index is 1.64. The van der Waals surface area contributed by atoms with E-state index in [1.54, 1.807) is 30.3 Å². The molecule has 0 aliphatic rings. The van der Waals surface area contributed by atoms with Crippen LogP contribution in [0.4, 0.5) is 0 Å². The zero-order chi connectivity index (χ0) is 38.7. The molecule has 54 heavy (non-hydrogen) atoms. The zero-order valence-corrected chi connectivity index (χ0v) is 32.9. The molecule has 0 atom stereocenters. The van der Waals surface area contributed by atoms with Crippen LogP contribution < -0.4 is 0 Å². The van der Waals surface area contributed by atoms with Gasteiger partial charge in [-0.15, -0.1) is 11.6 Å². The monoisotopic (exact) mass is 796 g/mol. The van der Waals surface area contributed by atoms with Gasteiger partial charge in [-0.1, -0.05) is 43.2 Å². The molecule has 1 rings (SSSR count). The summed E-state index contributed by atoms with van der Waals surface area (Å²) in [6.07, 6.45) is 4.47. The van der Waals surface area contributed by atoms with Crippen molar-refractivity contribution in [1.29, 1.82) is 0 Å². The number of benzene rings is 1. The Bertz CT molecular complexity index is 931. The fourth-order valence-electron chi connectivity index (χ4n) is 4.14. The summed E-state index contributed by atoms with van der Waals surface area (Å²) in [5, 5.41) is 0. The number of ketones is 1. The highest BCUT2D eigenvalue weighted by molar-refractivity contribution is 6.40. The summed E-state index contributed by atoms with van der Waals surface area (Å²) in [6.45, 7) is 11.6.